The van der Waals surface area contributed by atoms with E-state index in [-0.39, 0.29) is 10.5 Å². The number of hydrogen-bond donors (Lipinski definition) is 4. The fourth-order valence-corrected chi connectivity index (χ4v) is 5.06. The van der Waals surface area contributed by atoms with Gasteiger partial charge in [-0.15, -0.1) is 0 Å². The molecule has 0 spiro atoms. The number of rotatable bonds is 8. The topological polar surface area (TPSA) is 133 Å². The van der Waals surface area contributed by atoms with Crippen LogP contribution in [0.3, 0.4) is 0 Å². The van der Waals surface area contributed by atoms with Gasteiger partial charge in [0.2, 0.25) is 0 Å². The van der Waals surface area contributed by atoms with Crippen LogP contribution in [0.25, 0.3) is 11.1 Å². The lowest BCUT2D eigenvalue weighted by atomic mass is 9.99. The van der Waals surface area contributed by atoms with E-state index in [1.54, 1.807) is 50.2 Å². The van der Waals surface area contributed by atoms with Crippen LogP contribution in [0.5, 0.6) is 0 Å². The predicted molar refractivity (Wildman–Crippen MR) is 134 cm³/mol. The normalized spacial score (nSPS) is 12.1. The van der Waals surface area contributed by atoms with Crippen LogP contribution in [0.2, 0.25) is 5.02 Å². The van der Waals surface area contributed by atoms with Crippen LogP contribution in [0.15, 0.2) is 59.5 Å². The number of aliphatic hydroxyl groups excluding tert-OH is 1. The summed E-state index contributed by atoms with van der Waals surface area (Å²) in [5.74, 6) is -1.97. The minimum atomic E-state index is -3.86. The van der Waals surface area contributed by atoms with Crippen molar-refractivity contribution in [2.24, 2.45) is 0 Å². The zero-order valence-corrected chi connectivity index (χ0v) is 20.9. The van der Waals surface area contributed by atoms with E-state index in [4.69, 9.17) is 21.8 Å². The number of aryl methyl sites for hydroxylation is 3. The molecular weight excluding hydrogens is 492 g/mol. The Kier molecular flexibility index (Phi) is 7.84. The Labute approximate surface area is 208 Å². The molecule has 0 aromatic heterocycles. The van der Waals surface area contributed by atoms with Gasteiger partial charge in [-0.05, 0) is 85.0 Å². The minimum Gasteiger partial charge on any atom is -0.480 e. The molecule has 4 N–H and O–H groups in total. The molecule has 0 aliphatic rings. The number of aliphatic hydroxyl groups is 1. The first-order chi connectivity index (χ1) is 16.4. The number of carbonyl (C=O) groups is 2. The SMILES string of the molecule is Cc1cc(S(=O)(=O)Nc2ccc(C)c(-c3ccc(C(=O)N[C@@H](CO)C(=O)O)cc3)c2)c(C)cc1Cl. The molecule has 0 saturated carbocycles. The second kappa shape index (κ2) is 10.5. The number of nitrogens with one attached hydrogen (secondary N) is 2. The third-order valence-corrected chi connectivity index (χ3v) is 7.41. The molecule has 184 valence electrons. The van der Waals surface area contributed by atoms with Crippen molar-refractivity contribution in [2.45, 2.75) is 31.7 Å². The molecule has 0 fully saturated rings. The smallest absolute Gasteiger partial charge is 0.328 e. The lowest BCUT2D eigenvalue weighted by Crippen LogP contribution is -2.43. The summed E-state index contributed by atoms with van der Waals surface area (Å²) in [6.45, 7) is 4.56. The second-order valence-electron chi connectivity index (χ2n) is 8.13. The first-order valence-electron chi connectivity index (χ1n) is 10.6. The molecule has 3 aromatic rings. The third kappa shape index (κ3) is 6.00. The van der Waals surface area contributed by atoms with Crippen LogP contribution in [0.4, 0.5) is 5.69 Å². The van der Waals surface area contributed by atoms with Gasteiger partial charge in [-0.2, -0.15) is 0 Å². The molecule has 1 amide bonds. The standard InChI is InChI=1S/C25H25ClN2O6S/c1-14-4-9-19(28-35(33,34)23-11-15(2)21(26)10-16(23)3)12-20(14)17-5-7-18(8-6-17)24(30)27-22(13-29)25(31)32/h4-12,22,28-29H,13H2,1-3H3,(H,27,30)(H,31,32)/t22-/m0/s1. The van der Waals surface area contributed by atoms with Gasteiger partial charge in [-0.25, -0.2) is 13.2 Å². The van der Waals surface area contributed by atoms with Crippen molar-refractivity contribution in [3.8, 4) is 11.1 Å². The summed E-state index contributed by atoms with van der Waals surface area (Å²) in [6, 6.07) is 13.3. The zero-order valence-electron chi connectivity index (χ0n) is 19.3. The van der Waals surface area contributed by atoms with Gasteiger partial charge in [0.1, 0.15) is 0 Å². The van der Waals surface area contributed by atoms with Gasteiger partial charge < -0.3 is 15.5 Å². The van der Waals surface area contributed by atoms with Gasteiger partial charge in [0.15, 0.2) is 6.04 Å². The molecule has 1 atom stereocenters. The van der Waals surface area contributed by atoms with Crippen molar-refractivity contribution < 1.29 is 28.2 Å². The number of carboxylic acid groups (broad SMARTS) is 1. The van der Waals surface area contributed by atoms with Gasteiger partial charge in [0, 0.05) is 16.3 Å². The first-order valence-corrected chi connectivity index (χ1v) is 12.4. The quantitative estimate of drug-likeness (QED) is 0.359. The fourth-order valence-electron chi connectivity index (χ4n) is 3.48. The van der Waals surface area contributed by atoms with E-state index >= 15 is 0 Å². The van der Waals surface area contributed by atoms with Gasteiger partial charge in [0.05, 0.1) is 11.5 Å². The molecule has 3 rings (SSSR count). The molecule has 0 aliphatic heterocycles. The predicted octanol–water partition coefficient (Wildman–Crippen LogP) is 3.91. The molecule has 0 unspecified atom stereocenters. The highest BCUT2D eigenvalue weighted by Crippen LogP contribution is 2.30. The van der Waals surface area contributed by atoms with Crippen molar-refractivity contribution in [1.82, 2.24) is 5.32 Å². The summed E-state index contributed by atoms with van der Waals surface area (Å²) in [7, 11) is -3.86. The summed E-state index contributed by atoms with van der Waals surface area (Å²) < 4.78 is 28.7. The minimum absolute atomic E-state index is 0.138. The number of carbonyl (C=O) groups excluding carboxylic acids is 1. The Hall–Kier alpha value is -3.40. The van der Waals surface area contributed by atoms with Gasteiger partial charge in [0.25, 0.3) is 15.9 Å². The van der Waals surface area contributed by atoms with Crippen molar-refractivity contribution in [3.63, 3.8) is 0 Å². The maximum atomic E-state index is 13.0. The van der Waals surface area contributed by atoms with E-state index in [0.717, 1.165) is 16.7 Å². The van der Waals surface area contributed by atoms with E-state index in [9.17, 15) is 18.0 Å². The number of hydrogen-bond acceptors (Lipinski definition) is 5. The average molecular weight is 517 g/mol. The van der Waals surface area contributed by atoms with Crippen molar-refractivity contribution in [2.75, 3.05) is 11.3 Å². The number of benzene rings is 3. The number of anilines is 1. The zero-order chi connectivity index (χ0) is 25.9. The molecule has 0 heterocycles. The van der Waals surface area contributed by atoms with E-state index in [1.165, 1.54) is 18.2 Å². The van der Waals surface area contributed by atoms with Crippen LogP contribution >= 0.6 is 11.6 Å². The van der Waals surface area contributed by atoms with Crippen molar-refractivity contribution in [3.05, 3.63) is 81.9 Å². The van der Waals surface area contributed by atoms with Crippen LogP contribution in [-0.2, 0) is 14.8 Å². The van der Waals surface area contributed by atoms with Gasteiger partial charge >= 0.3 is 5.97 Å². The number of carboxylic acids is 1. The number of sulfonamides is 1. The Morgan fingerprint density at radius 2 is 1.60 bits per heavy atom. The maximum Gasteiger partial charge on any atom is 0.328 e. The summed E-state index contributed by atoms with van der Waals surface area (Å²) in [6.07, 6.45) is 0. The molecule has 0 bridgehead atoms. The third-order valence-electron chi connectivity index (χ3n) is 5.48. The molecule has 8 nitrogen and oxygen atoms in total. The Morgan fingerprint density at radius 1 is 0.943 bits per heavy atom. The number of halogens is 1. The number of amides is 1. The highest BCUT2D eigenvalue weighted by molar-refractivity contribution is 7.92. The summed E-state index contributed by atoms with van der Waals surface area (Å²) in [5.41, 5.74) is 4.13. The first kappa shape index (κ1) is 26.2. The molecule has 0 saturated heterocycles. The summed E-state index contributed by atoms with van der Waals surface area (Å²) in [4.78, 5) is 23.4. The molecule has 0 aliphatic carbocycles. The van der Waals surface area contributed by atoms with Crippen molar-refractivity contribution in [1.29, 1.82) is 0 Å². The van der Waals surface area contributed by atoms with E-state index < -0.39 is 34.5 Å². The van der Waals surface area contributed by atoms with Crippen LogP contribution in [0.1, 0.15) is 27.0 Å². The highest BCUT2D eigenvalue weighted by atomic mass is 35.5. The number of aliphatic carboxylic acids is 1. The van der Waals surface area contributed by atoms with E-state index in [0.29, 0.717) is 21.8 Å². The van der Waals surface area contributed by atoms with Gasteiger partial charge in [-0.1, -0.05) is 29.8 Å². The largest absolute Gasteiger partial charge is 0.480 e. The molecule has 0 radical (unpaired) electrons. The average Bonchev–Trinajstić information content (AvgIpc) is 2.80. The molecule has 10 heteroatoms. The molecule has 3 aromatic carbocycles. The lowest BCUT2D eigenvalue weighted by Gasteiger charge is -2.15. The lowest BCUT2D eigenvalue weighted by molar-refractivity contribution is -0.140. The van der Waals surface area contributed by atoms with E-state index in [1.807, 2.05) is 6.92 Å². The second-order valence-corrected chi connectivity index (χ2v) is 10.2. The summed E-state index contributed by atoms with van der Waals surface area (Å²) >= 11 is 6.10. The monoisotopic (exact) mass is 516 g/mol. The van der Waals surface area contributed by atoms with Crippen LogP contribution in [-0.4, -0.2) is 43.2 Å². The van der Waals surface area contributed by atoms with Crippen LogP contribution in [0, 0.1) is 20.8 Å². The molecular formula is C25H25ClN2O6S. The fraction of sp³-hybridized carbons (Fsp3) is 0.200. The highest BCUT2D eigenvalue weighted by Gasteiger charge is 2.21. The maximum absolute atomic E-state index is 13.0. The summed E-state index contributed by atoms with van der Waals surface area (Å²) in [5, 5.41) is 20.8. The Balaban J connectivity index is 1.87. The van der Waals surface area contributed by atoms with E-state index in [2.05, 4.69) is 10.0 Å². The van der Waals surface area contributed by atoms with Gasteiger partial charge in [-0.3, -0.25) is 9.52 Å². The van der Waals surface area contributed by atoms with Crippen LogP contribution < -0.4 is 10.0 Å². The molecule has 35 heavy (non-hydrogen) atoms. The van der Waals surface area contributed by atoms with Crippen molar-refractivity contribution >= 4 is 39.2 Å². The Morgan fingerprint density at radius 3 is 2.20 bits per heavy atom. The Bertz CT molecular complexity index is 1390.